The third-order valence-corrected chi connectivity index (χ3v) is 6.75. The molecule has 3 amide bonds. The van der Waals surface area contributed by atoms with Gasteiger partial charge in [0.25, 0.3) is 5.91 Å². The lowest BCUT2D eigenvalue weighted by Gasteiger charge is -2.49. The highest BCUT2D eigenvalue weighted by molar-refractivity contribution is 6.07. The molecule has 3 aromatic rings. The molecule has 0 radical (unpaired) electrons. The summed E-state index contributed by atoms with van der Waals surface area (Å²) in [5.41, 5.74) is -1.02. The third-order valence-electron chi connectivity index (χ3n) is 6.75. The van der Waals surface area contributed by atoms with E-state index in [1.165, 1.54) is 4.90 Å². The molecule has 0 bridgehead atoms. The number of nitrogens with one attached hydrogen (secondary N) is 1. The van der Waals surface area contributed by atoms with E-state index in [1.807, 2.05) is 79.7 Å². The highest BCUT2D eigenvalue weighted by Gasteiger charge is 2.74. The van der Waals surface area contributed by atoms with Gasteiger partial charge in [-0.2, -0.15) is 0 Å². The Kier molecular flexibility index (Phi) is 5.17. The number of para-hydroxylation sites is 1. The second kappa shape index (κ2) is 8.05. The topological polar surface area (TPSA) is 72.9 Å². The van der Waals surface area contributed by atoms with E-state index >= 15 is 0 Å². The molecule has 6 heteroatoms. The fourth-order valence-electron chi connectivity index (χ4n) is 5.23. The number of fused-ring (bicyclic) bond motifs is 3. The largest absolute Gasteiger partial charge is 0.364 e. The van der Waals surface area contributed by atoms with Crippen molar-refractivity contribution >= 4 is 17.6 Å². The number of urea groups is 1. The van der Waals surface area contributed by atoms with Gasteiger partial charge in [-0.3, -0.25) is 14.6 Å². The molecule has 0 spiro atoms. The molecule has 5 rings (SSSR count). The number of carbonyl (C=O) groups excluding carboxylic acids is 2. The summed E-state index contributed by atoms with van der Waals surface area (Å²) in [5, 5.41) is 15.6. The Morgan fingerprint density at radius 2 is 1.48 bits per heavy atom. The summed E-state index contributed by atoms with van der Waals surface area (Å²) in [6.45, 7) is 2.57. The van der Waals surface area contributed by atoms with Crippen LogP contribution in [-0.2, 0) is 22.6 Å². The van der Waals surface area contributed by atoms with Gasteiger partial charge in [-0.25, -0.2) is 4.79 Å². The van der Waals surface area contributed by atoms with Gasteiger partial charge in [0.2, 0.25) is 11.3 Å². The van der Waals surface area contributed by atoms with E-state index in [2.05, 4.69) is 5.32 Å². The molecular weight excluding hydrogens is 414 g/mol. The number of carbonyl (C=O) groups is 2. The van der Waals surface area contributed by atoms with E-state index in [1.54, 1.807) is 17.0 Å². The van der Waals surface area contributed by atoms with Crippen molar-refractivity contribution in [1.82, 2.24) is 9.80 Å². The summed E-state index contributed by atoms with van der Waals surface area (Å²) in [4.78, 5) is 31.1. The molecule has 2 aliphatic rings. The number of hydrogen-bond donors (Lipinski definition) is 2. The highest BCUT2D eigenvalue weighted by Crippen LogP contribution is 2.57. The summed E-state index contributed by atoms with van der Waals surface area (Å²) >= 11 is 0. The minimum atomic E-state index is -1.87. The van der Waals surface area contributed by atoms with Crippen LogP contribution in [0, 0.1) is 0 Å². The maximum absolute atomic E-state index is 14.0. The molecule has 0 saturated carbocycles. The Balaban J connectivity index is 1.81. The van der Waals surface area contributed by atoms with Crippen LogP contribution in [0.2, 0.25) is 0 Å². The van der Waals surface area contributed by atoms with Crippen molar-refractivity contribution in [1.29, 1.82) is 0 Å². The first-order valence-electron chi connectivity index (χ1n) is 11.4. The van der Waals surface area contributed by atoms with Crippen molar-refractivity contribution in [2.45, 2.75) is 37.6 Å². The van der Waals surface area contributed by atoms with Crippen LogP contribution >= 0.6 is 0 Å². The molecule has 0 aromatic heterocycles. The predicted molar refractivity (Wildman–Crippen MR) is 126 cm³/mol. The lowest BCUT2D eigenvalue weighted by molar-refractivity contribution is -0.167. The van der Waals surface area contributed by atoms with Gasteiger partial charge in [0, 0.05) is 24.3 Å². The molecule has 168 valence electrons. The Morgan fingerprint density at radius 3 is 2.18 bits per heavy atom. The number of rotatable bonds is 6. The Bertz CT molecular complexity index is 1180. The standard InChI is InChI=1S/C27H27N3O3/c1-2-3-18-29-25(32)30(19-20-12-6-4-7-13-20)26(21-14-8-5-9-15-21)24(31)28-23-17-11-10-16-22(23)27(26,29)33/h4-17,33H,2-3,18-19H2,1H3,(H,28,31)/t26-,27-/m1/s1. The smallest absolute Gasteiger partial charge is 0.324 e. The molecule has 2 atom stereocenters. The van der Waals surface area contributed by atoms with Crippen molar-refractivity contribution in [3.63, 3.8) is 0 Å². The minimum Gasteiger partial charge on any atom is -0.364 e. The molecule has 1 saturated heterocycles. The van der Waals surface area contributed by atoms with Crippen LogP contribution in [0.3, 0.4) is 0 Å². The fourth-order valence-corrected chi connectivity index (χ4v) is 5.23. The summed E-state index contributed by atoms with van der Waals surface area (Å²) in [6, 6.07) is 25.6. The molecule has 6 nitrogen and oxygen atoms in total. The van der Waals surface area contributed by atoms with Gasteiger partial charge in [-0.1, -0.05) is 92.2 Å². The fraction of sp³-hybridized carbons (Fsp3) is 0.259. The van der Waals surface area contributed by atoms with Crippen molar-refractivity contribution in [3.8, 4) is 0 Å². The van der Waals surface area contributed by atoms with Gasteiger partial charge in [0.15, 0.2) is 0 Å². The average Bonchev–Trinajstić information content (AvgIpc) is 3.04. The van der Waals surface area contributed by atoms with E-state index in [0.29, 0.717) is 29.8 Å². The van der Waals surface area contributed by atoms with Crippen molar-refractivity contribution in [2.75, 3.05) is 11.9 Å². The Morgan fingerprint density at radius 1 is 0.848 bits per heavy atom. The van der Waals surface area contributed by atoms with Crippen LogP contribution in [0.4, 0.5) is 10.5 Å². The molecule has 3 aromatic carbocycles. The number of unbranched alkanes of at least 4 members (excludes halogenated alkanes) is 1. The zero-order valence-electron chi connectivity index (χ0n) is 18.6. The first kappa shape index (κ1) is 21.2. The second-order valence-corrected chi connectivity index (χ2v) is 8.61. The second-order valence-electron chi connectivity index (χ2n) is 8.61. The number of hydrogen-bond acceptors (Lipinski definition) is 3. The van der Waals surface area contributed by atoms with E-state index in [0.717, 1.165) is 12.0 Å². The van der Waals surface area contributed by atoms with Crippen LogP contribution in [0.15, 0.2) is 84.9 Å². The van der Waals surface area contributed by atoms with Gasteiger partial charge in [-0.05, 0) is 23.6 Å². The zero-order chi connectivity index (χ0) is 23.1. The summed E-state index contributed by atoms with van der Waals surface area (Å²) < 4.78 is 0. The van der Waals surface area contributed by atoms with Crippen molar-refractivity contribution < 1.29 is 14.7 Å². The number of nitrogens with zero attached hydrogens (tertiary/aromatic N) is 2. The van der Waals surface area contributed by atoms with Gasteiger partial charge < -0.3 is 10.4 Å². The first-order valence-corrected chi connectivity index (χ1v) is 11.4. The molecule has 2 aliphatic heterocycles. The molecule has 1 fully saturated rings. The van der Waals surface area contributed by atoms with Crippen LogP contribution in [0.1, 0.15) is 36.5 Å². The predicted octanol–water partition coefficient (Wildman–Crippen LogP) is 4.42. The summed E-state index contributed by atoms with van der Waals surface area (Å²) in [5.74, 6) is -0.418. The molecule has 0 unspecified atom stereocenters. The minimum absolute atomic E-state index is 0.190. The number of aliphatic hydroxyl groups is 1. The highest BCUT2D eigenvalue weighted by atomic mass is 16.3. The van der Waals surface area contributed by atoms with Gasteiger partial charge >= 0.3 is 6.03 Å². The van der Waals surface area contributed by atoms with Crippen LogP contribution in [-0.4, -0.2) is 33.4 Å². The van der Waals surface area contributed by atoms with E-state index < -0.39 is 17.2 Å². The van der Waals surface area contributed by atoms with Crippen molar-refractivity contribution in [2.24, 2.45) is 0 Å². The Labute approximate surface area is 193 Å². The Hall–Kier alpha value is -3.64. The summed E-state index contributed by atoms with van der Waals surface area (Å²) in [6.07, 6.45) is 1.56. The van der Waals surface area contributed by atoms with Crippen LogP contribution in [0.5, 0.6) is 0 Å². The van der Waals surface area contributed by atoms with Crippen LogP contribution < -0.4 is 5.32 Å². The number of anilines is 1. The maximum atomic E-state index is 14.0. The van der Waals surface area contributed by atoms with Crippen molar-refractivity contribution in [3.05, 3.63) is 102 Å². The van der Waals surface area contributed by atoms with Crippen LogP contribution in [0.25, 0.3) is 0 Å². The number of benzene rings is 3. The molecule has 2 heterocycles. The molecular formula is C27H27N3O3. The third kappa shape index (κ3) is 2.91. The lowest BCUT2D eigenvalue weighted by atomic mass is 9.72. The first-order chi connectivity index (χ1) is 16.0. The molecule has 0 aliphatic carbocycles. The van der Waals surface area contributed by atoms with E-state index in [9.17, 15) is 14.7 Å². The zero-order valence-corrected chi connectivity index (χ0v) is 18.6. The van der Waals surface area contributed by atoms with Gasteiger partial charge in [0.05, 0.1) is 0 Å². The van der Waals surface area contributed by atoms with E-state index in [4.69, 9.17) is 0 Å². The van der Waals surface area contributed by atoms with Gasteiger partial charge in [0.1, 0.15) is 0 Å². The van der Waals surface area contributed by atoms with Gasteiger partial charge in [-0.15, -0.1) is 0 Å². The SMILES string of the molecule is CCCCN1C(=O)N(Cc2ccccc2)[C@]2(c3ccccc3)C(=O)Nc3ccccc3[C@]12O. The normalized spacial score (nSPS) is 23.8. The lowest BCUT2D eigenvalue weighted by Crippen LogP contribution is -2.65. The average molecular weight is 442 g/mol. The summed E-state index contributed by atoms with van der Waals surface area (Å²) in [7, 11) is 0. The monoisotopic (exact) mass is 441 g/mol. The quantitative estimate of drug-likeness (QED) is 0.595. The number of amides is 3. The maximum Gasteiger partial charge on any atom is 0.324 e. The van der Waals surface area contributed by atoms with E-state index in [-0.39, 0.29) is 12.6 Å². The molecule has 33 heavy (non-hydrogen) atoms. The molecule has 2 N–H and O–H groups in total.